The molecule has 0 bridgehead atoms. The third-order valence-corrected chi connectivity index (χ3v) is 4.73. The molecule has 0 saturated heterocycles. The zero-order chi connectivity index (χ0) is 21.9. The number of azo groups is 1. The molecule has 1 atom stereocenters. The van der Waals surface area contributed by atoms with Crippen LogP contribution in [0.2, 0.25) is 0 Å². The van der Waals surface area contributed by atoms with E-state index in [2.05, 4.69) is 10.2 Å². The first kappa shape index (κ1) is 23.0. The van der Waals surface area contributed by atoms with Gasteiger partial charge in [0, 0.05) is 19.3 Å². The van der Waals surface area contributed by atoms with Gasteiger partial charge in [-0.1, -0.05) is 12.1 Å². The van der Waals surface area contributed by atoms with E-state index in [1.165, 1.54) is 6.07 Å². The summed E-state index contributed by atoms with van der Waals surface area (Å²) in [5.41, 5.74) is 0.650. The summed E-state index contributed by atoms with van der Waals surface area (Å²) < 4.78 is 0. The van der Waals surface area contributed by atoms with Crippen molar-refractivity contribution in [2.45, 2.75) is 32.1 Å². The molecule has 0 aromatic heterocycles. The number of benzene rings is 2. The maximum Gasteiger partial charge on any atom is 0.303 e. The highest BCUT2D eigenvalue weighted by Gasteiger charge is 2.19. The Labute approximate surface area is 173 Å². The van der Waals surface area contributed by atoms with Gasteiger partial charge in [-0.25, -0.2) is 0 Å². The molecule has 0 saturated carbocycles. The highest BCUT2D eigenvalue weighted by molar-refractivity contribution is 5.61. The summed E-state index contributed by atoms with van der Waals surface area (Å²) in [6.07, 6.45) is 4.02. The molecule has 10 nitrogen and oxygen atoms in total. The van der Waals surface area contributed by atoms with Gasteiger partial charge in [-0.2, -0.15) is 5.11 Å². The molecule has 0 radical (unpaired) electrons. The van der Waals surface area contributed by atoms with Gasteiger partial charge in [0.2, 0.25) is 0 Å². The fourth-order valence-corrected chi connectivity index (χ4v) is 3.06. The lowest BCUT2D eigenvalue weighted by Crippen LogP contribution is -2.06. The molecular weight excluding hydrogens is 392 g/mol. The van der Waals surface area contributed by atoms with E-state index in [0.717, 1.165) is 43.4 Å². The summed E-state index contributed by atoms with van der Waals surface area (Å²) in [5.74, 6) is 0.351. The topological polar surface area (TPSA) is 151 Å². The minimum absolute atomic E-state index is 0.0644. The molecule has 0 aliphatic carbocycles. The predicted molar refractivity (Wildman–Crippen MR) is 110 cm³/mol. The standard InChI is InChI=1S/C20H24N4O6/c25-12-1-2-15(11-13-26)3-4-16-5-7-17(8-6-16)21-22-19-10-9-18(23(27)28)14-20(19)24(29)30/h5-10,14-15,25-26H,1-4,11-13H2. The van der Waals surface area contributed by atoms with Gasteiger partial charge in [0.25, 0.3) is 5.69 Å². The van der Waals surface area contributed by atoms with Gasteiger partial charge in [-0.3, -0.25) is 20.2 Å². The van der Waals surface area contributed by atoms with Crippen molar-refractivity contribution in [1.29, 1.82) is 0 Å². The largest absolute Gasteiger partial charge is 0.396 e. The molecule has 0 spiro atoms. The molecule has 10 heteroatoms. The number of hydrogen-bond donors (Lipinski definition) is 2. The maximum absolute atomic E-state index is 11.1. The molecule has 30 heavy (non-hydrogen) atoms. The molecule has 2 N–H and O–H groups in total. The van der Waals surface area contributed by atoms with Gasteiger partial charge >= 0.3 is 5.69 Å². The molecule has 2 aromatic rings. The van der Waals surface area contributed by atoms with Crippen LogP contribution in [-0.2, 0) is 6.42 Å². The molecule has 0 fully saturated rings. The van der Waals surface area contributed by atoms with Crippen LogP contribution in [0.4, 0.5) is 22.7 Å². The van der Waals surface area contributed by atoms with Crippen LogP contribution in [0.25, 0.3) is 0 Å². The molecule has 0 heterocycles. The Morgan fingerprint density at radius 3 is 2.20 bits per heavy atom. The number of nitro benzene ring substituents is 2. The molecule has 0 aliphatic rings. The van der Waals surface area contributed by atoms with Crippen molar-refractivity contribution in [2.24, 2.45) is 16.1 Å². The first-order valence-corrected chi connectivity index (χ1v) is 9.59. The maximum atomic E-state index is 11.1. The summed E-state index contributed by atoms with van der Waals surface area (Å²) in [5, 5.41) is 47.9. The van der Waals surface area contributed by atoms with Crippen LogP contribution in [0, 0.1) is 26.1 Å². The van der Waals surface area contributed by atoms with Crippen LogP contribution < -0.4 is 0 Å². The highest BCUT2D eigenvalue weighted by Crippen LogP contribution is 2.32. The first-order chi connectivity index (χ1) is 14.4. The Kier molecular flexibility index (Phi) is 8.98. The van der Waals surface area contributed by atoms with Gasteiger partial charge in [0.05, 0.1) is 21.6 Å². The van der Waals surface area contributed by atoms with E-state index in [0.29, 0.717) is 18.0 Å². The van der Waals surface area contributed by atoms with E-state index in [-0.39, 0.29) is 24.6 Å². The van der Waals surface area contributed by atoms with Gasteiger partial charge in [0.1, 0.15) is 0 Å². The minimum Gasteiger partial charge on any atom is -0.396 e. The third-order valence-electron chi connectivity index (χ3n) is 4.73. The lowest BCUT2D eigenvalue weighted by molar-refractivity contribution is -0.393. The normalized spacial score (nSPS) is 12.2. The van der Waals surface area contributed by atoms with E-state index >= 15 is 0 Å². The van der Waals surface area contributed by atoms with Crippen molar-refractivity contribution in [3.63, 3.8) is 0 Å². The Bertz CT molecular complexity index is 885. The van der Waals surface area contributed by atoms with Gasteiger partial charge in [-0.05, 0) is 61.8 Å². The number of nitro groups is 2. The van der Waals surface area contributed by atoms with Crippen molar-refractivity contribution < 1.29 is 20.1 Å². The van der Waals surface area contributed by atoms with Crippen LogP contribution in [-0.4, -0.2) is 33.3 Å². The number of hydrogen-bond acceptors (Lipinski definition) is 8. The van der Waals surface area contributed by atoms with Gasteiger partial charge in [-0.15, -0.1) is 5.11 Å². The van der Waals surface area contributed by atoms with Gasteiger partial charge < -0.3 is 10.2 Å². The zero-order valence-electron chi connectivity index (χ0n) is 16.4. The van der Waals surface area contributed by atoms with Gasteiger partial charge in [0.15, 0.2) is 5.69 Å². The molecular formula is C20H24N4O6. The van der Waals surface area contributed by atoms with E-state index in [1.54, 1.807) is 12.1 Å². The summed E-state index contributed by atoms with van der Waals surface area (Å²) in [6.45, 7) is 0.277. The van der Waals surface area contributed by atoms with E-state index in [9.17, 15) is 20.2 Å². The van der Waals surface area contributed by atoms with Crippen molar-refractivity contribution in [3.05, 3.63) is 68.3 Å². The summed E-state index contributed by atoms with van der Waals surface area (Å²) in [4.78, 5) is 20.5. The molecule has 0 amide bonds. The summed E-state index contributed by atoms with van der Waals surface area (Å²) in [7, 11) is 0. The van der Waals surface area contributed by atoms with Crippen LogP contribution in [0.5, 0.6) is 0 Å². The predicted octanol–water partition coefficient (Wildman–Crippen LogP) is 4.62. The minimum atomic E-state index is -0.732. The highest BCUT2D eigenvalue weighted by atomic mass is 16.6. The first-order valence-electron chi connectivity index (χ1n) is 9.59. The fourth-order valence-electron chi connectivity index (χ4n) is 3.06. The molecule has 1 unspecified atom stereocenters. The summed E-state index contributed by atoms with van der Waals surface area (Å²) >= 11 is 0. The number of aliphatic hydroxyl groups excluding tert-OH is 2. The van der Waals surface area contributed by atoms with E-state index < -0.39 is 15.5 Å². The fraction of sp³-hybridized carbons (Fsp3) is 0.400. The smallest absolute Gasteiger partial charge is 0.303 e. The molecule has 160 valence electrons. The molecule has 2 aromatic carbocycles. The third kappa shape index (κ3) is 6.98. The second kappa shape index (κ2) is 11.7. The lowest BCUT2D eigenvalue weighted by Gasteiger charge is -2.15. The average molecular weight is 416 g/mol. The van der Waals surface area contributed by atoms with Crippen molar-refractivity contribution in [3.8, 4) is 0 Å². The Morgan fingerprint density at radius 2 is 1.60 bits per heavy atom. The average Bonchev–Trinajstić information content (AvgIpc) is 2.74. The Balaban J connectivity index is 2.04. The zero-order valence-corrected chi connectivity index (χ0v) is 16.4. The number of rotatable bonds is 12. The van der Waals surface area contributed by atoms with Crippen LogP contribution >= 0.6 is 0 Å². The van der Waals surface area contributed by atoms with E-state index in [4.69, 9.17) is 10.2 Å². The second-order valence-corrected chi connectivity index (χ2v) is 6.84. The number of nitrogens with zero attached hydrogens (tertiary/aromatic N) is 4. The summed E-state index contributed by atoms with van der Waals surface area (Å²) in [6, 6.07) is 10.5. The Hall–Kier alpha value is -3.24. The number of non-ortho nitro benzene ring substituents is 1. The van der Waals surface area contributed by atoms with Crippen LogP contribution in [0.3, 0.4) is 0 Å². The van der Waals surface area contributed by atoms with Crippen molar-refractivity contribution >= 4 is 22.7 Å². The second-order valence-electron chi connectivity index (χ2n) is 6.84. The SMILES string of the molecule is O=[N+]([O-])c1ccc(N=Nc2ccc(CCC(CCO)CCCO)cc2)c([N+](=O)[O-])c1. The Morgan fingerprint density at radius 1 is 0.867 bits per heavy atom. The quantitative estimate of drug-likeness (QED) is 0.292. The lowest BCUT2D eigenvalue weighted by atomic mass is 9.92. The monoisotopic (exact) mass is 416 g/mol. The number of aliphatic hydroxyl groups is 2. The number of aryl methyl sites for hydroxylation is 1. The molecule has 2 rings (SSSR count). The molecule has 0 aliphatic heterocycles. The van der Waals surface area contributed by atoms with Crippen molar-refractivity contribution in [2.75, 3.05) is 13.2 Å². The van der Waals surface area contributed by atoms with Crippen LogP contribution in [0.1, 0.15) is 31.2 Å². The van der Waals surface area contributed by atoms with E-state index in [1.807, 2.05) is 12.1 Å². The van der Waals surface area contributed by atoms with Crippen molar-refractivity contribution in [1.82, 2.24) is 0 Å². The van der Waals surface area contributed by atoms with Crippen LogP contribution in [0.15, 0.2) is 52.7 Å².